The molecule has 1 aliphatic rings. The number of anilines is 2. The van der Waals surface area contributed by atoms with E-state index >= 15 is 0 Å². The van der Waals surface area contributed by atoms with Crippen molar-refractivity contribution in [3.05, 3.63) is 48.0 Å². The Balaban J connectivity index is 1.68. The van der Waals surface area contributed by atoms with Crippen LogP contribution in [0.1, 0.15) is 12.5 Å². The van der Waals surface area contributed by atoms with Gasteiger partial charge in [-0.3, -0.25) is 9.59 Å². The minimum absolute atomic E-state index is 0.153. The zero-order valence-corrected chi connectivity index (χ0v) is 13.5. The summed E-state index contributed by atoms with van der Waals surface area (Å²) in [7, 11) is 1.59. The highest BCUT2D eigenvalue weighted by atomic mass is 16.5. The summed E-state index contributed by atoms with van der Waals surface area (Å²) in [5, 5.41) is 5.57. The normalized spacial score (nSPS) is 15.8. The maximum absolute atomic E-state index is 12.2. The number of nitrogens with one attached hydrogen (secondary N) is 2. The molecule has 6 nitrogen and oxygen atoms in total. The first-order valence-electron chi connectivity index (χ1n) is 7.59. The molecule has 24 heavy (non-hydrogen) atoms. The molecule has 124 valence electrons. The second kappa shape index (κ2) is 6.62. The summed E-state index contributed by atoms with van der Waals surface area (Å²) in [5.41, 5.74) is 2.01. The van der Waals surface area contributed by atoms with E-state index in [1.165, 1.54) is 0 Å². The molecular weight excluding hydrogens is 308 g/mol. The van der Waals surface area contributed by atoms with Gasteiger partial charge in [0.15, 0.2) is 6.10 Å². The Kier molecular flexibility index (Phi) is 4.37. The number of carbonyl (C=O) groups excluding carboxylic acids is 2. The van der Waals surface area contributed by atoms with Gasteiger partial charge in [0.05, 0.1) is 19.2 Å². The van der Waals surface area contributed by atoms with E-state index in [0.29, 0.717) is 22.9 Å². The van der Waals surface area contributed by atoms with Crippen LogP contribution in [0.15, 0.2) is 42.5 Å². The zero-order chi connectivity index (χ0) is 17.1. The standard InChI is InChI=1S/C18H18N2O4/c1-11-18(22)20-15-10-13(6-7-16(15)24-11)19-17(21)9-12-4-3-5-14(8-12)23-2/h3-8,10-11H,9H2,1-2H3,(H,19,21)(H,20,22). The van der Waals surface area contributed by atoms with Crippen molar-refractivity contribution in [3.63, 3.8) is 0 Å². The van der Waals surface area contributed by atoms with Crippen LogP contribution in [-0.2, 0) is 16.0 Å². The average molecular weight is 326 g/mol. The summed E-state index contributed by atoms with van der Waals surface area (Å²) in [6, 6.07) is 12.5. The Hall–Kier alpha value is -3.02. The summed E-state index contributed by atoms with van der Waals surface area (Å²) >= 11 is 0. The molecule has 6 heteroatoms. The van der Waals surface area contributed by atoms with Gasteiger partial charge in [0.2, 0.25) is 5.91 Å². The Morgan fingerprint density at radius 2 is 2.12 bits per heavy atom. The van der Waals surface area contributed by atoms with Crippen molar-refractivity contribution in [3.8, 4) is 11.5 Å². The number of methoxy groups -OCH3 is 1. The highest BCUT2D eigenvalue weighted by Gasteiger charge is 2.23. The molecule has 0 saturated heterocycles. The third-order valence-electron chi connectivity index (χ3n) is 3.69. The maximum atomic E-state index is 12.2. The zero-order valence-electron chi connectivity index (χ0n) is 13.5. The molecule has 2 amide bonds. The van der Waals surface area contributed by atoms with Crippen LogP contribution in [0.2, 0.25) is 0 Å². The van der Waals surface area contributed by atoms with E-state index in [2.05, 4.69) is 10.6 Å². The number of rotatable bonds is 4. The lowest BCUT2D eigenvalue weighted by atomic mass is 10.1. The van der Waals surface area contributed by atoms with E-state index in [9.17, 15) is 9.59 Å². The van der Waals surface area contributed by atoms with Crippen LogP contribution in [0.5, 0.6) is 11.5 Å². The second-order valence-electron chi connectivity index (χ2n) is 5.54. The minimum Gasteiger partial charge on any atom is -0.497 e. The van der Waals surface area contributed by atoms with Crippen LogP contribution in [0.3, 0.4) is 0 Å². The molecule has 3 rings (SSSR count). The van der Waals surface area contributed by atoms with Gasteiger partial charge in [-0.25, -0.2) is 0 Å². The van der Waals surface area contributed by atoms with Crippen molar-refractivity contribution in [1.29, 1.82) is 0 Å². The first kappa shape index (κ1) is 15.9. The number of hydrogen-bond acceptors (Lipinski definition) is 4. The summed E-state index contributed by atoms with van der Waals surface area (Å²) in [6.45, 7) is 1.68. The van der Waals surface area contributed by atoms with E-state index < -0.39 is 6.10 Å². The van der Waals surface area contributed by atoms with Crippen LogP contribution >= 0.6 is 0 Å². The molecule has 0 aromatic heterocycles. The topological polar surface area (TPSA) is 76.7 Å². The van der Waals surface area contributed by atoms with E-state index in [-0.39, 0.29) is 18.2 Å². The maximum Gasteiger partial charge on any atom is 0.265 e. The fourth-order valence-electron chi connectivity index (χ4n) is 2.46. The van der Waals surface area contributed by atoms with Gasteiger partial charge in [-0.2, -0.15) is 0 Å². The molecule has 1 atom stereocenters. The predicted molar refractivity (Wildman–Crippen MR) is 90.5 cm³/mol. The van der Waals surface area contributed by atoms with Gasteiger partial charge < -0.3 is 20.1 Å². The molecule has 2 aromatic rings. The molecule has 0 spiro atoms. The van der Waals surface area contributed by atoms with E-state index in [0.717, 1.165) is 5.56 Å². The Labute approximate surface area is 139 Å². The Morgan fingerprint density at radius 1 is 1.29 bits per heavy atom. The lowest BCUT2D eigenvalue weighted by Gasteiger charge is -2.23. The van der Waals surface area contributed by atoms with Crippen molar-refractivity contribution in [2.24, 2.45) is 0 Å². The van der Waals surface area contributed by atoms with E-state index in [1.54, 1.807) is 32.2 Å². The first-order valence-corrected chi connectivity index (χ1v) is 7.59. The number of benzene rings is 2. The summed E-state index contributed by atoms with van der Waals surface area (Å²) in [6.07, 6.45) is -0.292. The molecule has 2 aromatic carbocycles. The lowest BCUT2D eigenvalue weighted by Crippen LogP contribution is -2.34. The van der Waals surface area contributed by atoms with Crippen LogP contribution < -0.4 is 20.1 Å². The van der Waals surface area contributed by atoms with Gasteiger partial charge in [-0.05, 0) is 42.8 Å². The van der Waals surface area contributed by atoms with E-state index in [4.69, 9.17) is 9.47 Å². The predicted octanol–water partition coefficient (Wildman–Crippen LogP) is 2.60. The van der Waals surface area contributed by atoms with Crippen molar-refractivity contribution >= 4 is 23.2 Å². The highest BCUT2D eigenvalue weighted by molar-refractivity contribution is 5.99. The molecule has 1 heterocycles. The van der Waals surface area contributed by atoms with Crippen LogP contribution in [-0.4, -0.2) is 25.0 Å². The lowest BCUT2D eigenvalue weighted by molar-refractivity contribution is -0.122. The second-order valence-corrected chi connectivity index (χ2v) is 5.54. The van der Waals surface area contributed by atoms with Crippen LogP contribution in [0.25, 0.3) is 0 Å². The van der Waals surface area contributed by atoms with Crippen LogP contribution in [0, 0.1) is 0 Å². The quantitative estimate of drug-likeness (QED) is 0.905. The summed E-state index contributed by atoms with van der Waals surface area (Å²) in [5.74, 6) is 0.943. The van der Waals surface area contributed by atoms with Gasteiger partial charge in [0, 0.05) is 5.69 Å². The van der Waals surface area contributed by atoms with Crippen molar-refractivity contribution in [1.82, 2.24) is 0 Å². The fourth-order valence-corrected chi connectivity index (χ4v) is 2.46. The third kappa shape index (κ3) is 3.48. The number of fused-ring (bicyclic) bond motifs is 1. The number of carbonyl (C=O) groups is 2. The Morgan fingerprint density at radius 3 is 2.92 bits per heavy atom. The molecule has 0 bridgehead atoms. The molecule has 0 fully saturated rings. The number of amides is 2. The third-order valence-corrected chi connectivity index (χ3v) is 3.69. The monoisotopic (exact) mass is 326 g/mol. The van der Waals surface area contributed by atoms with Gasteiger partial charge >= 0.3 is 0 Å². The van der Waals surface area contributed by atoms with Gasteiger partial charge in [0.1, 0.15) is 11.5 Å². The Bertz CT molecular complexity index is 788. The van der Waals surface area contributed by atoms with Crippen molar-refractivity contribution < 1.29 is 19.1 Å². The molecule has 0 radical (unpaired) electrons. The minimum atomic E-state index is -0.522. The number of ether oxygens (including phenoxy) is 2. The van der Waals surface area contributed by atoms with Gasteiger partial charge in [-0.15, -0.1) is 0 Å². The van der Waals surface area contributed by atoms with Gasteiger partial charge in [-0.1, -0.05) is 12.1 Å². The first-order chi connectivity index (χ1) is 11.5. The molecule has 0 saturated carbocycles. The number of hydrogen-bond donors (Lipinski definition) is 2. The molecule has 2 N–H and O–H groups in total. The summed E-state index contributed by atoms with van der Waals surface area (Å²) in [4.78, 5) is 23.9. The molecule has 1 unspecified atom stereocenters. The molecule has 1 aliphatic heterocycles. The fraction of sp³-hybridized carbons (Fsp3) is 0.222. The highest BCUT2D eigenvalue weighted by Crippen LogP contribution is 2.32. The van der Waals surface area contributed by atoms with Crippen molar-refractivity contribution in [2.45, 2.75) is 19.4 Å². The van der Waals surface area contributed by atoms with Crippen LogP contribution in [0.4, 0.5) is 11.4 Å². The van der Waals surface area contributed by atoms with Gasteiger partial charge in [0.25, 0.3) is 5.91 Å². The SMILES string of the molecule is COc1cccc(CC(=O)Nc2ccc3c(c2)NC(=O)C(C)O3)c1. The smallest absolute Gasteiger partial charge is 0.265 e. The van der Waals surface area contributed by atoms with Crippen molar-refractivity contribution in [2.75, 3.05) is 17.7 Å². The molecular formula is C18H18N2O4. The largest absolute Gasteiger partial charge is 0.497 e. The average Bonchev–Trinajstić information content (AvgIpc) is 2.56. The molecule has 0 aliphatic carbocycles. The van der Waals surface area contributed by atoms with E-state index in [1.807, 2.05) is 24.3 Å². The summed E-state index contributed by atoms with van der Waals surface area (Å²) < 4.78 is 10.6.